The van der Waals surface area contributed by atoms with Crippen molar-refractivity contribution in [3.63, 3.8) is 0 Å². The van der Waals surface area contributed by atoms with E-state index in [1.807, 2.05) is 0 Å². The average molecular weight is 211 g/mol. The van der Waals surface area contributed by atoms with Crippen molar-refractivity contribution < 1.29 is 20.1 Å². The summed E-state index contributed by atoms with van der Waals surface area (Å²) in [5.74, 6) is -1.09. The van der Waals surface area contributed by atoms with Gasteiger partial charge in [-0.2, -0.15) is 0 Å². The van der Waals surface area contributed by atoms with Gasteiger partial charge in [0.05, 0.1) is 12.2 Å². The highest BCUT2D eigenvalue weighted by Gasteiger charge is 2.12. The van der Waals surface area contributed by atoms with E-state index >= 15 is 0 Å². The minimum absolute atomic E-state index is 0.0368. The predicted octanol–water partition coefficient (Wildman–Crippen LogP) is 0.0640. The number of carboxylic acid groups (broad SMARTS) is 1. The zero-order valence-corrected chi connectivity index (χ0v) is 8.29. The largest absolute Gasteiger partial charge is 0.477 e. The van der Waals surface area contributed by atoms with Gasteiger partial charge in [-0.05, 0) is 18.6 Å². The molecule has 1 aromatic heterocycles. The van der Waals surface area contributed by atoms with Gasteiger partial charge in [0.15, 0.2) is 0 Å². The first-order valence-electron chi connectivity index (χ1n) is 4.55. The lowest BCUT2D eigenvalue weighted by molar-refractivity contribution is 0.0319. The first-order chi connectivity index (χ1) is 7.00. The Labute approximate surface area is 87.0 Å². The van der Waals surface area contributed by atoms with Crippen molar-refractivity contribution in [2.24, 2.45) is 0 Å². The number of carboxylic acids is 1. The minimum Gasteiger partial charge on any atom is -0.477 e. The second-order valence-electron chi connectivity index (χ2n) is 3.37. The van der Waals surface area contributed by atoms with Crippen LogP contribution in [0, 0.1) is 0 Å². The molecule has 2 atom stereocenters. The van der Waals surface area contributed by atoms with Crippen LogP contribution in [0.4, 0.5) is 0 Å². The molecule has 5 heteroatoms. The van der Waals surface area contributed by atoms with E-state index in [-0.39, 0.29) is 12.1 Å². The van der Waals surface area contributed by atoms with Crippen LogP contribution in [0.2, 0.25) is 0 Å². The summed E-state index contributed by atoms with van der Waals surface area (Å²) in [5.41, 5.74) is 0.652. The van der Waals surface area contributed by atoms with E-state index in [1.54, 1.807) is 6.07 Å². The Balaban J connectivity index is 2.68. The van der Waals surface area contributed by atoms with Crippen LogP contribution < -0.4 is 0 Å². The lowest BCUT2D eigenvalue weighted by Gasteiger charge is -2.12. The molecule has 1 aromatic rings. The summed E-state index contributed by atoms with van der Waals surface area (Å²) < 4.78 is 0. The maximum atomic E-state index is 10.5. The normalized spacial score (nSPS) is 14.6. The number of hydrogen-bond donors (Lipinski definition) is 3. The van der Waals surface area contributed by atoms with Crippen LogP contribution in [-0.4, -0.2) is 38.5 Å². The molecule has 3 N–H and O–H groups in total. The van der Waals surface area contributed by atoms with Crippen LogP contribution >= 0.6 is 0 Å². The van der Waals surface area contributed by atoms with E-state index in [0.717, 1.165) is 0 Å². The highest BCUT2D eigenvalue weighted by Crippen LogP contribution is 2.06. The fourth-order valence-corrected chi connectivity index (χ4v) is 1.08. The number of hydrogen-bond acceptors (Lipinski definition) is 4. The molecule has 0 aliphatic heterocycles. The highest BCUT2D eigenvalue weighted by molar-refractivity contribution is 5.85. The molecule has 0 aliphatic carbocycles. The van der Waals surface area contributed by atoms with Gasteiger partial charge in [0.25, 0.3) is 0 Å². The van der Waals surface area contributed by atoms with Crippen molar-refractivity contribution in [3.8, 4) is 0 Å². The molecular formula is C10H13NO4. The van der Waals surface area contributed by atoms with Gasteiger partial charge < -0.3 is 15.3 Å². The van der Waals surface area contributed by atoms with Gasteiger partial charge in [-0.1, -0.05) is 6.07 Å². The first-order valence-corrected chi connectivity index (χ1v) is 4.55. The summed E-state index contributed by atoms with van der Waals surface area (Å²) in [7, 11) is 0. The maximum Gasteiger partial charge on any atom is 0.354 e. The molecule has 82 valence electrons. The smallest absolute Gasteiger partial charge is 0.354 e. The van der Waals surface area contributed by atoms with E-state index in [1.165, 1.54) is 19.2 Å². The number of pyridine rings is 1. The van der Waals surface area contributed by atoms with E-state index in [0.29, 0.717) is 5.56 Å². The van der Waals surface area contributed by atoms with Crippen molar-refractivity contribution in [1.29, 1.82) is 0 Å². The highest BCUT2D eigenvalue weighted by atomic mass is 16.4. The third-order valence-corrected chi connectivity index (χ3v) is 2.05. The Hall–Kier alpha value is -1.46. The van der Waals surface area contributed by atoms with Gasteiger partial charge in [0.1, 0.15) is 5.69 Å². The lowest BCUT2D eigenvalue weighted by Crippen LogP contribution is -2.24. The predicted molar refractivity (Wildman–Crippen MR) is 52.6 cm³/mol. The number of nitrogens with zero attached hydrogens (tertiary/aromatic N) is 1. The van der Waals surface area contributed by atoms with Gasteiger partial charge in [-0.25, -0.2) is 9.78 Å². The number of aromatic nitrogens is 1. The summed E-state index contributed by atoms with van der Waals surface area (Å²) >= 11 is 0. The Morgan fingerprint density at radius 1 is 1.47 bits per heavy atom. The van der Waals surface area contributed by atoms with Crippen LogP contribution in [0.3, 0.4) is 0 Å². The first kappa shape index (κ1) is 11.6. The molecule has 5 nitrogen and oxygen atoms in total. The summed E-state index contributed by atoms with van der Waals surface area (Å²) in [6.07, 6.45) is -0.0359. The monoisotopic (exact) mass is 211 g/mol. The molecule has 0 amide bonds. The molecule has 2 unspecified atom stereocenters. The van der Waals surface area contributed by atoms with E-state index < -0.39 is 18.2 Å². The second kappa shape index (κ2) is 4.86. The van der Waals surface area contributed by atoms with E-state index in [4.69, 9.17) is 10.2 Å². The molecule has 0 aromatic carbocycles. The van der Waals surface area contributed by atoms with Crippen molar-refractivity contribution >= 4 is 5.97 Å². The zero-order valence-electron chi connectivity index (χ0n) is 8.29. The molecule has 0 fully saturated rings. The Bertz CT molecular complexity index is 334. The van der Waals surface area contributed by atoms with Crippen molar-refractivity contribution in [1.82, 2.24) is 4.98 Å². The summed E-state index contributed by atoms with van der Waals surface area (Å²) in [5, 5.41) is 27.0. The second-order valence-corrected chi connectivity index (χ2v) is 3.37. The molecule has 1 rings (SSSR count). The number of aliphatic hydroxyl groups is 2. The lowest BCUT2D eigenvalue weighted by atomic mass is 10.1. The molecule has 0 bridgehead atoms. The van der Waals surface area contributed by atoms with Gasteiger partial charge in [0, 0.05) is 12.6 Å². The van der Waals surface area contributed by atoms with Crippen LogP contribution in [0.1, 0.15) is 23.0 Å². The fourth-order valence-electron chi connectivity index (χ4n) is 1.08. The van der Waals surface area contributed by atoms with Crippen molar-refractivity contribution in [2.75, 3.05) is 0 Å². The molecule has 15 heavy (non-hydrogen) atoms. The number of aromatic carboxylic acids is 1. The maximum absolute atomic E-state index is 10.5. The molecule has 0 spiro atoms. The average Bonchev–Trinajstić information content (AvgIpc) is 2.18. The molecule has 0 saturated heterocycles. The molecule has 1 heterocycles. The van der Waals surface area contributed by atoms with Crippen molar-refractivity contribution in [3.05, 3.63) is 29.6 Å². The quantitative estimate of drug-likeness (QED) is 0.655. The third-order valence-electron chi connectivity index (χ3n) is 2.05. The van der Waals surface area contributed by atoms with Gasteiger partial charge in [0.2, 0.25) is 0 Å². The topological polar surface area (TPSA) is 90.7 Å². The minimum atomic E-state index is -1.09. The van der Waals surface area contributed by atoms with Crippen LogP contribution in [-0.2, 0) is 6.42 Å². The number of aliphatic hydroxyl groups excluding tert-OH is 2. The van der Waals surface area contributed by atoms with Crippen LogP contribution in [0.5, 0.6) is 0 Å². The van der Waals surface area contributed by atoms with Gasteiger partial charge >= 0.3 is 5.97 Å². The van der Waals surface area contributed by atoms with Gasteiger partial charge in [-0.3, -0.25) is 0 Å². The number of rotatable bonds is 4. The fraction of sp³-hybridized carbons (Fsp3) is 0.400. The SMILES string of the molecule is CC(O)C(O)Cc1ccc(C(=O)O)nc1. The third kappa shape index (κ3) is 3.30. The molecular weight excluding hydrogens is 198 g/mol. The molecule has 0 aliphatic rings. The van der Waals surface area contributed by atoms with E-state index in [9.17, 15) is 9.90 Å². The van der Waals surface area contributed by atoms with Crippen molar-refractivity contribution in [2.45, 2.75) is 25.6 Å². The zero-order chi connectivity index (χ0) is 11.4. The van der Waals surface area contributed by atoms with Crippen LogP contribution in [0.25, 0.3) is 0 Å². The molecule has 0 radical (unpaired) electrons. The Morgan fingerprint density at radius 2 is 2.13 bits per heavy atom. The van der Waals surface area contributed by atoms with Gasteiger partial charge in [-0.15, -0.1) is 0 Å². The summed E-state index contributed by atoms with van der Waals surface area (Å²) in [6, 6.07) is 2.94. The molecule has 0 saturated carbocycles. The van der Waals surface area contributed by atoms with E-state index in [2.05, 4.69) is 4.98 Å². The summed E-state index contributed by atoms with van der Waals surface area (Å²) in [6.45, 7) is 1.49. The summed E-state index contributed by atoms with van der Waals surface area (Å²) in [4.78, 5) is 14.2. The Kier molecular flexibility index (Phi) is 3.76. The number of carbonyl (C=O) groups is 1. The van der Waals surface area contributed by atoms with Crippen LogP contribution in [0.15, 0.2) is 18.3 Å². The Morgan fingerprint density at radius 3 is 2.53 bits per heavy atom. The standard InChI is InChI=1S/C10H13NO4/c1-6(12)9(13)4-7-2-3-8(10(14)15)11-5-7/h2-3,5-6,9,12-13H,4H2,1H3,(H,14,15).